The van der Waals surface area contributed by atoms with Crippen molar-refractivity contribution >= 4 is 40.2 Å². The van der Waals surface area contributed by atoms with Crippen molar-refractivity contribution in [1.29, 1.82) is 0 Å². The van der Waals surface area contributed by atoms with E-state index in [1.807, 2.05) is 64.5 Å². The van der Waals surface area contributed by atoms with E-state index >= 15 is 0 Å². The van der Waals surface area contributed by atoms with Gasteiger partial charge in [0.15, 0.2) is 10.8 Å². The lowest BCUT2D eigenvalue weighted by atomic mass is 10.1. The highest BCUT2D eigenvalue weighted by Gasteiger charge is 2.14. The first-order valence-electron chi connectivity index (χ1n) is 10.7. The SMILES string of the molecule is O=C(NCc1cccs1)c1ccc(CSc2nc3cccnc3n2Cc2ccccc2F)cc1. The Morgan fingerprint density at radius 1 is 1.03 bits per heavy atom. The molecule has 0 spiro atoms. The van der Waals surface area contributed by atoms with Gasteiger partial charge in [-0.1, -0.05) is 48.2 Å². The van der Waals surface area contributed by atoms with E-state index in [1.165, 1.54) is 6.07 Å². The van der Waals surface area contributed by atoms with Gasteiger partial charge in [0.25, 0.3) is 5.91 Å². The Labute approximate surface area is 204 Å². The molecule has 3 heterocycles. The fourth-order valence-electron chi connectivity index (χ4n) is 3.57. The number of amides is 1. The highest BCUT2D eigenvalue weighted by Crippen LogP contribution is 2.27. The van der Waals surface area contributed by atoms with Crippen molar-refractivity contribution in [3.05, 3.63) is 112 Å². The summed E-state index contributed by atoms with van der Waals surface area (Å²) in [5, 5.41) is 5.71. The van der Waals surface area contributed by atoms with Crippen LogP contribution < -0.4 is 5.32 Å². The summed E-state index contributed by atoms with van der Waals surface area (Å²) in [4.78, 5) is 22.7. The summed E-state index contributed by atoms with van der Waals surface area (Å²) in [7, 11) is 0. The second kappa shape index (κ2) is 10.2. The summed E-state index contributed by atoms with van der Waals surface area (Å²) in [6, 6.07) is 22.1. The number of nitrogens with one attached hydrogen (secondary N) is 1. The monoisotopic (exact) mass is 488 g/mol. The lowest BCUT2D eigenvalue weighted by Gasteiger charge is -2.10. The van der Waals surface area contributed by atoms with Gasteiger partial charge >= 0.3 is 0 Å². The molecule has 0 fully saturated rings. The number of carbonyl (C=O) groups excluding carboxylic acids is 1. The van der Waals surface area contributed by atoms with Gasteiger partial charge in [-0.25, -0.2) is 14.4 Å². The molecule has 5 aromatic rings. The van der Waals surface area contributed by atoms with Gasteiger partial charge in [-0.15, -0.1) is 11.3 Å². The van der Waals surface area contributed by atoms with E-state index in [4.69, 9.17) is 4.98 Å². The molecule has 0 aliphatic carbocycles. The van der Waals surface area contributed by atoms with Gasteiger partial charge in [-0.3, -0.25) is 9.36 Å². The van der Waals surface area contributed by atoms with Crippen LogP contribution in [0, 0.1) is 5.82 Å². The maximum absolute atomic E-state index is 14.3. The molecule has 0 aliphatic heterocycles. The molecule has 0 bridgehead atoms. The van der Waals surface area contributed by atoms with Crippen molar-refractivity contribution in [3.8, 4) is 0 Å². The van der Waals surface area contributed by atoms with Crippen LogP contribution in [0.3, 0.4) is 0 Å². The normalized spacial score (nSPS) is 11.1. The Kier molecular flexibility index (Phi) is 6.69. The van der Waals surface area contributed by atoms with E-state index in [0.29, 0.717) is 30.0 Å². The maximum atomic E-state index is 14.3. The van der Waals surface area contributed by atoms with E-state index in [2.05, 4.69) is 10.3 Å². The lowest BCUT2D eigenvalue weighted by Crippen LogP contribution is -2.22. The van der Waals surface area contributed by atoms with Crippen LogP contribution >= 0.6 is 23.1 Å². The Morgan fingerprint density at radius 2 is 1.88 bits per heavy atom. The molecular weight excluding hydrogens is 467 g/mol. The average Bonchev–Trinajstić information content (AvgIpc) is 3.51. The minimum absolute atomic E-state index is 0.0923. The number of carbonyl (C=O) groups is 1. The first kappa shape index (κ1) is 22.3. The molecule has 8 heteroatoms. The predicted octanol–water partition coefficient (Wildman–Crippen LogP) is 5.90. The van der Waals surface area contributed by atoms with Crippen LogP contribution in [0.15, 0.2) is 89.5 Å². The summed E-state index contributed by atoms with van der Waals surface area (Å²) in [6.45, 7) is 0.881. The number of imidazole rings is 1. The first-order valence-corrected chi connectivity index (χ1v) is 12.6. The molecule has 0 radical (unpaired) electrons. The summed E-state index contributed by atoms with van der Waals surface area (Å²) in [5.74, 6) is 0.326. The number of hydrogen-bond acceptors (Lipinski definition) is 5. The molecule has 170 valence electrons. The number of fused-ring (bicyclic) bond motifs is 1. The molecule has 1 N–H and O–H groups in total. The summed E-state index contributed by atoms with van der Waals surface area (Å²) in [5.41, 5.74) is 3.79. The Bertz CT molecular complexity index is 1410. The smallest absolute Gasteiger partial charge is 0.251 e. The number of rotatable bonds is 8. The molecule has 0 saturated heterocycles. The number of hydrogen-bond donors (Lipinski definition) is 1. The third kappa shape index (κ3) is 5.03. The van der Waals surface area contributed by atoms with Gasteiger partial charge in [-0.2, -0.15) is 0 Å². The fourth-order valence-corrected chi connectivity index (χ4v) is 5.17. The predicted molar refractivity (Wildman–Crippen MR) is 135 cm³/mol. The molecule has 0 saturated carbocycles. The number of aromatic nitrogens is 3. The van der Waals surface area contributed by atoms with Crippen molar-refractivity contribution in [3.63, 3.8) is 0 Å². The Morgan fingerprint density at radius 3 is 2.68 bits per heavy atom. The van der Waals surface area contributed by atoms with Crippen LogP contribution in [0.25, 0.3) is 11.2 Å². The second-order valence-corrected chi connectivity index (χ2v) is 9.64. The van der Waals surface area contributed by atoms with Crippen LogP contribution in [0.1, 0.15) is 26.4 Å². The van der Waals surface area contributed by atoms with Crippen molar-refractivity contribution in [2.24, 2.45) is 0 Å². The van der Waals surface area contributed by atoms with Gasteiger partial charge in [-0.05, 0) is 47.3 Å². The third-order valence-corrected chi connectivity index (χ3v) is 7.27. The van der Waals surface area contributed by atoms with Gasteiger partial charge in [0.2, 0.25) is 0 Å². The molecule has 5 nitrogen and oxygen atoms in total. The zero-order chi connectivity index (χ0) is 23.3. The van der Waals surface area contributed by atoms with Crippen LogP contribution in [0.4, 0.5) is 4.39 Å². The first-order chi connectivity index (χ1) is 16.7. The molecule has 3 aromatic heterocycles. The highest BCUT2D eigenvalue weighted by molar-refractivity contribution is 7.98. The van der Waals surface area contributed by atoms with E-state index < -0.39 is 0 Å². The molecule has 1 amide bonds. The number of halogens is 1. The molecule has 0 unspecified atom stereocenters. The number of thioether (sulfide) groups is 1. The summed E-state index contributed by atoms with van der Waals surface area (Å²) >= 11 is 3.18. The van der Waals surface area contributed by atoms with Crippen LogP contribution in [-0.2, 0) is 18.8 Å². The van der Waals surface area contributed by atoms with Gasteiger partial charge in [0.1, 0.15) is 11.3 Å². The molecule has 0 aliphatic rings. The van der Waals surface area contributed by atoms with Crippen molar-refractivity contribution < 1.29 is 9.18 Å². The van der Waals surface area contributed by atoms with Crippen LogP contribution in [0.2, 0.25) is 0 Å². The van der Waals surface area contributed by atoms with Crippen LogP contribution in [0.5, 0.6) is 0 Å². The number of pyridine rings is 1. The minimum atomic E-state index is -0.246. The fraction of sp³-hybridized carbons (Fsp3) is 0.115. The standard InChI is InChI=1S/C26H21FN4OS2/c27-22-7-2-1-5-20(22)16-31-24-23(8-3-13-28-24)30-26(31)34-17-18-9-11-19(12-10-18)25(32)29-15-21-6-4-14-33-21/h1-14H,15-17H2,(H,29,32). The molecule has 2 aromatic carbocycles. The number of nitrogens with zero attached hydrogens (tertiary/aromatic N) is 3. The summed E-state index contributed by atoms with van der Waals surface area (Å²) in [6.07, 6.45) is 1.72. The highest BCUT2D eigenvalue weighted by atomic mass is 32.2. The zero-order valence-corrected chi connectivity index (χ0v) is 19.8. The van der Waals surface area contributed by atoms with Crippen LogP contribution in [-0.4, -0.2) is 20.4 Å². The Balaban J connectivity index is 1.29. The zero-order valence-electron chi connectivity index (χ0n) is 18.1. The number of thiophene rings is 1. The van der Waals surface area contributed by atoms with Crippen molar-refractivity contribution in [2.45, 2.75) is 24.0 Å². The topological polar surface area (TPSA) is 59.8 Å². The molecule has 0 atom stereocenters. The van der Waals surface area contributed by atoms with E-state index in [9.17, 15) is 9.18 Å². The third-order valence-electron chi connectivity index (χ3n) is 5.34. The quantitative estimate of drug-likeness (QED) is 0.276. The lowest BCUT2D eigenvalue weighted by molar-refractivity contribution is 0.0951. The van der Waals surface area contributed by atoms with Gasteiger partial charge in [0.05, 0.1) is 13.1 Å². The van der Waals surface area contributed by atoms with E-state index in [-0.39, 0.29) is 11.7 Å². The minimum Gasteiger partial charge on any atom is -0.347 e. The maximum Gasteiger partial charge on any atom is 0.251 e. The Hall–Kier alpha value is -3.49. The van der Waals surface area contributed by atoms with Crippen molar-refractivity contribution in [1.82, 2.24) is 19.9 Å². The van der Waals surface area contributed by atoms with E-state index in [0.717, 1.165) is 26.8 Å². The number of benzene rings is 2. The molecular formula is C26H21FN4OS2. The van der Waals surface area contributed by atoms with E-state index in [1.54, 1.807) is 41.4 Å². The summed E-state index contributed by atoms with van der Waals surface area (Å²) < 4.78 is 16.3. The van der Waals surface area contributed by atoms with Gasteiger partial charge < -0.3 is 5.32 Å². The molecule has 5 rings (SSSR count). The largest absolute Gasteiger partial charge is 0.347 e. The van der Waals surface area contributed by atoms with Crippen molar-refractivity contribution in [2.75, 3.05) is 0 Å². The van der Waals surface area contributed by atoms with Gasteiger partial charge in [0, 0.05) is 28.0 Å². The average molecular weight is 489 g/mol. The molecule has 34 heavy (non-hydrogen) atoms. The second-order valence-electron chi connectivity index (χ2n) is 7.67.